The standard InChI is InChI=1S/C52H37N3O/c1-3-13-36(14-4-1)45-33-46(54-52(53-45)38-15-5-2-6-16-38)37-25-23-34(24-26-37)35-27-29-39(30-28-35)55-47-20-10-7-17-40(47)43-32-31-42-41-18-8-11-21-48(41)56-49-22-12-9-19-44(49)50(42)51(43)55/h1-5,7-13,15,17-33,36H,6,14,16H2. The van der Waals surface area contributed by atoms with E-state index in [4.69, 9.17) is 14.7 Å². The van der Waals surface area contributed by atoms with Crippen molar-refractivity contribution in [3.63, 3.8) is 0 Å². The molecule has 0 radical (unpaired) electrons. The monoisotopic (exact) mass is 719 g/mol. The zero-order chi connectivity index (χ0) is 37.0. The lowest BCUT2D eigenvalue weighted by molar-refractivity contribution is 0.488. The quantitative estimate of drug-likeness (QED) is 0.178. The van der Waals surface area contributed by atoms with E-state index in [2.05, 4.69) is 181 Å². The molecule has 266 valence electrons. The summed E-state index contributed by atoms with van der Waals surface area (Å²) in [4.78, 5) is 10.2. The molecule has 1 unspecified atom stereocenters. The number of hydrogen-bond donors (Lipinski definition) is 0. The summed E-state index contributed by atoms with van der Waals surface area (Å²) in [5.74, 6) is 2.82. The zero-order valence-corrected chi connectivity index (χ0v) is 30.8. The molecule has 0 bridgehead atoms. The predicted molar refractivity (Wildman–Crippen MR) is 230 cm³/mol. The van der Waals surface area contributed by atoms with Gasteiger partial charge in [-0.3, -0.25) is 0 Å². The number of para-hydroxylation sites is 3. The molecule has 0 amide bonds. The van der Waals surface area contributed by atoms with Crippen LogP contribution in [-0.2, 0) is 0 Å². The lowest BCUT2D eigenvalue weighted by atomic mass is 9.92. The van der Waals surface area contributed by atoms with Crippen LogP contribution in [0.3, 0.4) is 0 Å². The number of hydrogen-bond acceptors (Lipinski definition) is 3. The van der Waals surface area contributed by atoms with Crippen LogP contribution in [-0.4, -0.2) is 14.5 Å². The maximum atomic E-state index is 6.60. The van der Waals surface area contributed by atoms with Gasteiger partial charge >= 0.3 is 0 Å². The Bertz CT molecular complexity index is 2960. The van der Waals surface area contributed by atoms with Gasteiger partial charge in [0.15, 0.2) is 5.82 Å². The maximum Gasteiger partial charge on any atom is 0.156 e. The van der Waals surface area contributed by atoms with Crippen molar-refractivity contribution in [2.24, 2.45) is 0 Å². The largest absolute Gasteiger partial charge is 0.456 e. The van der Waals surface area contributed by atoms with Crippen molar-refractivity contribution in [2.45, 2.75) is 25.2 Å². The molecule has 11 rings (SSSR count). The van der Waals surface area contributed by atoms with Gasteiger partial charge in [0.25, 0.3) is 0 Å². The Morgan fingerprint density at radius 2 is 1.32 bits per heavy atom. The second kappa shape index (κ2) is 13.4. The van der Waals surface area contributed by atoms with Gasteiger partial charge in [0, 0.05) is 44.6 Å². The Kier molecular flexibility index (Phi) is 7.73. The number of allylic oxidation sites excluding steroid dienone is 8. The van der Waals surface area contributed by atoms with Crippen LogP contribution in [0.25, 0.3) is 77.7 Å². The Balaban J connectivity index is 1.00. The van der Waals surface area contributed by atoms with Crippen molar-refractivity contribution in [1.29, 1.82) is 0 Å². The van der Waals surface area contributed by atoms with Crippen molar-refractivity contribution >= 4 is 27.4 Å². The highest BCUT2D eigenvalue weighted by Gasteiger charge is 2.26. The van der Waals surface area contributed by atoms with Crippen LogP contribution >= 0.6 is 0 Å². The van der Waals surface area contributed by atoms with E-state index in [0.717, 1.165) is 81.5 Å². The normalized spacial score (nSPS) is 15.5. The van der Waals surface area contributed by atoms with Gasteiger partial charge in [-0.15, -0.1) is 0 Å². The van der Waals surface area contributed by atoms with E-state index >= 15 is 0 Å². The van der Waals surface area contributed by atoms with Crippen LogP contribution in [0.4, 0.5) is 0 Å². The first-order valence-corrected chi connectivity index (χ1v) is 19.5. The molecule has 0 saturated carbocycles. The molecule has 8 aromatic rings. The Hall–Kier alpha value is -7.04. The Morgan fingerprint density at radius 1 is 0.589 bits per heavy atom. The first-order valence-electron chi connectivity index (χ1n) is 19.5. The maximum absolute atomic E-state index is 6.60. The van der Waals surface area contributed by atoms with Gasteiger partial charge in [-0.25, -0.2) is 9.97 Å². The number of nitrogens with zero attached hydrogens (tertiary/aromatic N) is 3. The molecule has 3 aliphatic rings. The third-order valence-electron chi connectivity index (χ3n) is 11.4. The number of rotatable bonds is 5. The first kappa shape index (κ1) is 32.4. The summed E-state index contributed by atoms with van der Waals surface area (Å²) >= 11 is 0. The molecule has 6 aromatic carbocycles. The van der Waals surface area contributed by atoms with Crippen LogP contribution in [0.15, 0.2) is 182 Å². The second-order valence-corrected chi connectivity index (χ2v) is 14.8. The minimum absolute atomic E-state index is 0.251. The third kappa shape index (κ3) is 5.45. The van der Waals surface area contributed by atoms with Gasteiger partial charge in [-0.1, -0.05) is 146 Å². The van der Waals surface area contributed by atoms with Crippen LogP contribution in [0.1, 0.15) is 36.7 Å². The smallest absolute Gasteiger partial charge is 0.156 e. The van der Waals surface area contributed by atoms with E-state index in [1.807, 2.05) is 6.07 Å². The Morgan fingerprint density at radius 3 is 2.11 bits per heavy atom. The molecular formula is C52H37N3O. The van der Waals surface area contributed by atoms with Gasteiger partial charge < -0.3 is 9.30 Å². The second-order valence-electron chi connectivity index (χ2n) is 14.8. The van der Waals surface area contributed by atoms with Gasteiger partial charge in [0.05, 0.1) is 22.4 Å². The average molecular weight is 720 g/mol. The lowest BCUT2D eigenvalue weighted by Crippen LogP contribution is -2.06. The number of ether oxygens (including phenoxy) is 1. The molecule has 56 heavy (non-hydrogen) atoms. The highest BCUT2D eigenvalue weighted by atomic mass is 16.5. The molecule has 0 fully saturated rings. The molecule has 2 aromatic heterocycles. The molecule has 0 saturated heterocycles. The first-order chi connectivity index (χ1) is 27.8. The van der Waals surface area contributed by atoms with E-state index in [1.165, 1.54) is 38.5 Å². The molecule has 1 aliphatic heterocycles. The topological polar surface area (TPSA) is 39.9 Å². The third-order valence-corrected chi connectivity index (χ3v) is 11.4. The van der Waals surface area contributed by atoms with Crippen molar-refractivity contribution in [1.82, 2.24) is 14.5 Å². The molecule has 0 N–H and O–H groups in total. The van der Waals surface area contributed by atoms with E-state index in [0.29, 0.717) is 0 Å². The lowest BCUT2D eigenvalue weighted by Gasteiger charge is -2.17. The van der Waals surface area contributed by atoms with Crippen molar-refractivity contribution in [3.8, 4) is 61.8 Å². The fraction of sp³-hybridized carbons (Fsp3) is 0.0769. The molecule has 0 spiro atoms. The summed E-state index contributed by atoms with van der Waals surface area (Å²) in [6.45, 7) is 0. The van der Waals surface area contributed by atoms with Gasteiger partial charge in [0.1, 0.15) is 11.5 Å². The predicted octanol–water partition coefficient (Wildman–Crippen LogP) is 13.7. The number of fused-ring (bicyclic) bond motifs is 9. The van der Waals surface area contributed by atoms with Crippen LogP contribution in [0.2, 0.25) is 0 Å². The minimum Gasteiger partial charge on any atom is -0.456 e. The minimum atomic E-state index is 0.251. The van der Waals surface area contributed by atoms with E-state index in [-0.39, 0.29) is 5.92 Å². The molecule has 4 heteroatoms. The van der Waals surface area contributed by atoms with E-state index in [9.17, 15) is 0 Å². The van der Waals surface area contributed by atoms with Crippen molar-refractivity contribution < 1.29 is 4.74 Å². The van der Waals surface area contributed by atoms with Crippen molar-refractivity contribution in [2.75, 3.05) is 0 Å². The summed E-state index contributed by atoms with van der Waals surface area (Å²) in [5, 5.41) is 2.45. The molecule has 2 aliphatic carbocycles. The molecular weight excluding hydrogens is 683 g/mol. The summed E-state index contributed by atoms with van der Waals surface area (Å²) in [7, 11) is 0. The van der Waals surface area contributed by atoms with Crippen LogP contribution in [0.5, 0.6) is 11.5 Å². The number of benzene rings is 6. The SMILES string of the molecule is C1=CCCC(c2nc(-c3ccc(-c4ccc(-n5c6ccccc6c6ccc7c(c65)-c5ccccc5Oc5ccccc5-7)cc4)cc3)cc(C3C=CC=CC3)n2)=C1. The zero-order valence-electron chi connectivity index (χ0n) is 30.8. The fourth-order valence-electron chi connectivity index (χ4n) is 8.65. The highest BCUT2D eigenvalue weighted by molar-refractivity contribution is 6.17. The number of aromatic nitrogens is 3. The summed E-state index contributed by atoms with van der Waals surface area (Å²) < 4.78 is 9.03. The summed E-state index contributed by atoms with van der Waals surface area (Å²) in [6.07, 6.45) is 18.1. The summed E-state index contributed by atoms with van der Waals surface area (Å²) in [5.41, 5.74) is 14.6. The molecule has 4 nitrogen and oxygen atoms in total. The van der Waals surface area contributed by atoms with E-state index < -0.39 is 0 Å². The highest BCUT2D eigenvalue weighted by Crippen LogP contribution is 2.51. The van der Waals surface area contributed by atoms with Gasteiger partial charge in [0.2, 0.25) is 0 Å². The van der Waals surface area contributed by atoms with Crippen LogP contribution < -0.4 is 4.74 Å². The molecule has 3 heterocycles. The van der Waals surface area contributed by atoms with Crippen LogP contribution in [0, 0.1) is 0 Å². The molecule has 1 atom stereocenters. The van der Waals surface area contributed by atoms with Gasteiger partial charge in [-0.05, 0) is 77.9 Å². The average Bonchev–Trinajstić information content (AvgIpc) is 3.53. The van der Waals surface area contributed by atoms with Gasteiger partial charge in [-0.2, -0.15) is 0 Å². The Labute approximate surface area is 326 Å². The fourth-order valence-corrected chi connectivity index (χ4v) is 8.65. The summed E-state index contributed by atoms with van der Waals surface area (Å²) in [6, 6.07) is 50.1. The van der Waals surface area contributed by atoms with Crippen molar-refractivity contribution in [3.05, 3.63) is 194 Å². The van der Waals surface area contributed by atoms with E-state index in [1.54, 1.807) is 0 Å².